The number of fused-ring (bicyclic) bond motifs is 1. The van der Waals surface area contributed by atoms with Crippen LogP contribution >= 0.6 is 22.9 Å². The molecule has 0 fully saturated rings. The fourth-order valence-electron chi connectivity index (χ4n) is 2.72. The molecule has 2 N–H and O–H groups in total. The van der Waals surface area contributed by atoms with Crippen LogP contribution in [0.2, 0.25) is 5.02 Å². The van der Waals surface area contributed by atoms with Crippen LogP contribution in [0.15, 0.2) is 57.0 Å². The standard InChI is InChI=1S/C19H13ClN4O3S/c1-10-3-2-4-12(7-10)24-17(26)13(16(25)23-19(24)27)9-21-18-22-14-6-5-11(20)8-15(14)28-18/h2-9,26H,1H3,(H,23,25,27)/b21-9+. The monoisotopic (exact) mass is 412 g/mol. The summed E-state index contributed by atoms with van der Waals surface area (Å²) in [6.45, 7) is 1.86. The average molecular weight is 413 g/mol. The zero-order chi connectivity index (χ0) is 19.8. The van der Waals surface area contributed by atoms with Crippen LogP contribution in [0.1, 0.15) is 11.1 Å². The van der Waals surface area contributed by atoms with Crippen molar-refractivity contribution in [2.24, 2.45) is 4.99 Å². The normalized spacial score (nSPS) is 11.5. The van der Waals surface area contributed by atoms with E-state index in [-0.39, 0.29) is 5.56 Å². The second-order valence-electron chi connectivity index (χ2n) is 6.04. The van der Waals surface area contributed by atoms with E-state index in [9.17, 15) is 14.7 Å². The van der Waals surface area contributed by atoms with Gasteiger partial charge in [0.25, 0.3) is 5.56 Å². The highest BCUT2D eigenvalue weighted by Crippen LogP contribution is 2.30. The van der Waals surface area contributed by atoms with E-state index in [1.165, 1.54) is 17.6 Å². The number of aryl methyl sites for hydroxylation is 1. The van der Waals surface area contributed by atoms with Crippen LogP contribution in [-0.4, -0.2) is 25.9 Å². The second-order valence-corrected chi connectivity index (χ2v) is 7.48. The molecule has 0 spiro atoms. The Hall–Kier alpha value is -3.23. The van der Waals surface area contributed by atoms with Crippen molar-refractivity contribution in [3.8, 4) is 11.6 Å². The fourth-order valence-corrected chi connectivity index (χ4v) is 3.81. The van der Waals surface area contributed by atoms with E-state index >= 15 is 0 Å². The van der Waals surface area contributed by atoms with Crippen molar-refractivity contribution in [1.29, 1.82) is 0 Å². The topological polar surface area (TPSA) is 100 Å². The smallest absolute Gasteiger partial charge is 0.335 e. The summed E-state index contributed by atoms with van der Waals surface area (Å²) >= 11 is 7.27. The highest BCUT2D eigenvalue weighted by Gasteiger charge is 2.14. The van der Waals surface area contributed by atoms with Crippen LogP contribution in [0.4, 0.5) is 5.13 Å². The quantitative estimate of drug-likeness (QED) is 0.502. The first kappa shape index (κ1) is 18.1. The van der Waals surface area contributed by atoms with Crippen LogP contribution in [0.3, 0.4) is 0 Å². The first-order valence-electron chi connectivity index (χ1n) is 8.18. The molecule has 0 atom stereocenters. The largest absolute Gasteiger partial charge is 0.493 e. The number of thiazole rings is 1. The van der Waals surface area contributed by atoms with Gasteiger partial charge in [0.1, 0.15) is 5.56 Å². The first-order valence-corrected chi connectivity index (χ1v) is 9.37. The lowest BCUT2D eigenvalue weighted by atomic mass is 10.2. The summed E-state index contributed by atoms with van der Waals surface area (Å²) in [4.78, 5) is 35.2. The van der Waals surface area contributed by atoms with Crippen molar-refractivity contribution in [2.45, 2.75) is 6.92 Å². The third-order valence-electron chi connectivity index (χ3n) is 4.02. The van der Waals surface area contributed by atoms with Gasteiger partial charge in [-0.1, -0.05) is 35.1 Å². The highest BCUT2D eigenvalue weighted by molar-refractivity contribution is 7.22. The Morgan fingerprint density at radius 3 is 2.86 bits per heavy atom. The summed E-state index contributed by atoms with van der Waals surface area (Å²) in [6.07, 6.45) is 1.19. The maximum atomic E-state index is 12.2. The molecule has 4 rings (SSSR count). The molecule has 0 saturated heterocycles. The number of nitrogens with zero attached hydrogens (tertiary/aromatic N) is 3. The third-order valence-corrected chi connectivity index (χ3v) is 5.19. The number of hydrogen-bond acceptors (Lipinski definition) is 6. The van der Waals surface area contributed by atoms with E-state index in [0.717, 1.165) is 20.3 Å². The number of H-pyrrole nitrogens is 1. The summed E-state index contributed by atoms with van der Waals surface area (Å²) in [5.74, 6) is -0.493. The van der Waals surface area contributed by atoms with Crippen LogP contribution in [0, 0.1) is 6.92 Å². The lowest BCUT2D eigenvalue weighted by Crippen LogP contribution is -2.31. The van der Waals surface area contributed by atoms with E-state index in [0.29, 0.717) is 15.8 Å². The second kappa shape index (κ2) is 7.06. The number of aliphatic imine (C=N–C) groups is 1. The number of nitrogens with one attached hydrogen (secondary N) is 1. The average Bonchev–Trinajstić information content (AvgIpc) is 3.03. The van der Waals surface area contributed by atoms with E-state index in [1.807, 2.05) is 13.0 Å². The summed E-state index contributed by atoms with van der Waals surface area (Å²) in [5, 5.41) is 11.5. The van der Waals surface area contributed by atoms with Gasteiger partial charge in [0.15, 0.2) is 0 Å². The van der Waals surface area contributed by atoms with E-state index in [4.69, 9.17) is 11.6 Å². The van der Waals surface area contributed by atoms with Gasteiger partial charge in [0.2, 0.25) is 11.0 Å². The van der Waals surface area contributed by atoms with Crippen molar-refractivity contribution in [3.05, 3.63) is 79.5 Å². The van der Waals surface area contributed by atoms with Gasteiger partial charge in [-0.2, -0.15) is 0 Å². The number of halogens is 1. The molecule has 4 aromatic rings. The van der Waals surface area contributed by atoms with Gasteiger partial charge in [0.05, 0.1) is 15.9 Å². The zero-order valence-corrected chi connectivity index (χ0v) is 16.1. The number of hydrogen-bond donors (Lipinski definition) is 2. The lowest BCUT2D eigenvalue weighted by Gasteiger charge is -2.09. The van der Waals surface area contributed by atoms with Gasteiger partial charge < -0.3 is 5.11 Å². The molecule has 2 heterocycles. The molecule has 140 valence electrons. The molecule has 9 heteroatoms. The number of benzene rings is 2. The maximum Gasteiger partial charge on any atom is 0.335 e. The molecule has 0 bridgehead atoms. The van der Waals surface area contributed by atoms with E-state index in [2.05, 4.69) is 15.0 Å². The van der Waals surface area contributed by atoms with Gasteiger partial charge in [0, 0.05) is 11.2 Å². The molecule has 7 nitrogen and oxygen atoms in total. The lowest BCUT2D eigenvalue weighted by molar-refractivity contribution is 0.430. The molecule has 0 aliphatic heterocycles. The maximum absolute atomic E-state index is 12.2. The van der Waals surface area contributed by atoms with Crippen molar-refractivity contribution >= 4 is 44.5 Å². The van der Waals surface area contributed by atoms with Crippen LogP contribution < -0.4 is 11.2 Å². The Morgan fingerprint density at radius 1 is 1.25 bits per heavy atom. The summed E-state index contributed by atoms with van der Waals surface area (Å²) in [7, 11) is 0. The molecular formula is C19H13ClN4O3S. The minimum Gasteiger partial charge on any atom is -0.493 e. The van der Waals surface area contributed by atoms with Crippen molar-refractivity contribution in [1.82, 2.24) is 14.5 Å². The Labute approximate surface area is 167 Å². The van der Waals surface area contributed by atoms with Gasteiger partial charge in [-0.3, -0.25) is 9.78 Å². The molecule has 0 aliphatic carbocycles. The Bertz CT molecular complexity index is 1350. The highest BCUT2D eigenvalue weighted by atomic mass is 35.5. The minimum atomic E-state index is -0.737. The third kappa shape index (κ3) is 3.35. The molecule has 2 aromatic heterocycles. The van der Waals surface area contributed by atoms with Gasteiger partial charge >= 0.3 is 5.69 Å². The van der Waals surface area contributed by atoms with Crippen LogP contribution in [0.25, 0.3) is 15.9 Å². The molecule has 28 heavy (non-hydrogen) atoms. The summed E-state index contributed by atoms with van der Waals surface area (Å²) in [5.41, 5.74) is 0.448. The van der Waals surface area contributed by atoms with Gasteiger partial charge in [-0.15, -0.1) is 0 Å². The van der Waals surface area contributed by atoms with Crippen LogP contribution in [0.5, 0.6) is 5.88 Å². The summed E-state index contributed by atoms with van der Waals surface area (Å²) in [6, 6.07) is 12.3. The first-order chi connectivity index (χ1) is 13.4. The van der Waals surface area contributed by atoms with Gasteiger partial charge in [-0.25, -0.2) is 19.3 Å². The molecule has 2 aromatic carbocycles. The molecule has 0 radical (unpaired) electrons. The molecule has 0 amide bonds. The Balaban J connectivity index is 1.81. The molecule has 0 aliphatic rings. The number of rotatable bonds is 3. The predicted molar refractivity (Wildman–Crippen MR) is 111 cm³/mol. The number of aromatic hydroxyl groups is 1. The van der Waals surface area contributed by atoms with Crippen molar-refractivity contribution in [3.63, 3.8) is 0 Å². The summed E-state index contributed by atoms with van der Waals surface area (Å²) < 4.78 is 1.87. The molecule has 0 unspecified atom stereocenters. The van der Waals surface area contributed by atoms with Gasteiger partial charge in [-0.05, 0) is 42.8 Å². The minimum absolute atomic E-state index is 0.140. The Kier molecular flexibility index (Phi) is 4.58. The van der Waals surface area contributed by atoms with E-state index < -0.39 is 17.1 Å². The van der Waals surface area contributed by atoms with Crippen LogP contribution in [-0.2, 0) is 0 Å². The van der Waals surface area contributed by atoms with E-state index in [1.54, 1.807) is 36.4 Å². The number of aromatic amines is 1. The Morgan fingerprint density at radius 2 is 2.07 bits per heavy atom. The predicted octanol–water partition coefficient (Wildman–Crippen LogP) is 3.55. The molecular weight excluding hydrogens is 400 g/mol. The number of aromatic nitrogens is 3. The van der Waals surface area contributed by atoms with Crippen molar-refractivity contribution in [2.75, 3.05) is 0 Å². The zero-order valence-electron chi connectivity index (χ0n) is 14.5. The SMILES string of the molecule is Cc1cccc(-n2c(O)c(/C=N/c3nc4ccc(Cl)cc4s3)c(=O)[nH]c2=O)c1. The fraction of sp³-hybridized carbons (Fsp3) is 0.0526. The van der Waals surface area contributed by atoms with Crippen molar-refractivity contribution < 1.29 is 5.11 Å². The molecule has 0 saturated carbocycles.